The number of piperazine rings is 1. The quantitative estimate of drug-likeness (QED) is 0.225. The van der Waals surface area contributed by atoms with Crippen LogP contribution >= 0.6 is 12.4 Å². The van der Waals surface area contributed by atoms with E-state index in [0.717, 1.165) is 18.8 Å². The number of hydrogen-bond donors (Lipinski definition) is 3. The van der Waals surface area contributed by atoms with E-state index in [2.05, 4.69) is 10.2 Å². The number of nitrogens with one attached hydrogen (secondary N) is 2. The summed E-state index contributed by atoms with van der Waals surface area (Å²) in [4.78, 5) is 40.8. The first-order valence-corrected chi connectivity index (χ1v) is 12.1. The summed E-state index contributed by atoms with van der Waals surface area (Å²) in [5, 5.41) is 10.6. The largest absolute Gasteiger partial charge is 0.428 e. The number of ether oxygens (including phenoxy) is 2. The highest BCUT2D eigenvalue weighted by Crippen LogP contribution is 2.26. The molecule has 1 aliphatic carbocycles. The molecule has 1 aromatic carbocycles. The average Bonchev–Trinajstić information content (AvgIpc) is 2.84. The van der Waals surface area contributed by atoms with Crippen LogP contribution in [0.15, 0.2) is 24.3 Å². The fraction of sp³-hybridized carbons (Fsp3) is 0.600. The molecule has 0 atom stereocenters. The number of carbonyl (C=O) groups is 3. The Hall–Kier alpha value is -3.01. The molecule has 36 heavy (non-hydrogen) atoms. The molecule has 4 N–H and O–H groups in total. The van der Waals surface area contributed by atoms with Gasteiger partial charge in [0, 0.05) is 43.5 Å². The lowest BCUT2D eigenvalue weighted by atomic mass is 9.86. The third-order valence-corrected chi connectivity index (χ3v) is 6.50. The number of benzene rings is 1. The molecule has 2 amide bonds. The summed E-state index contributed by atoms with van der Waals surface area (Å²) in [5.74, 6) is -0.965. The maximum absolute atomic E-state index is 12.7. The van der Waals surface area contributed by atoms with E-state index >= 15 is 0 Å². The first kappa shape index (κ1) is 29.2. The molecule has 0 spiro atoms. The van der Waals surface area contributed by atoms with E-state index < -0.39 is 11.4 Å². The van der Waals surface area contributed by atoms with E-state index in [9.17, 15) is 14.4 Å². The molecule has 0 radical (unpaired) electrons. The van der Waals surface area contributed by atoms with Crippen molar-refractivity contribution in [1.82, 2.24) is 10.2 Å². The number of amidine groups is 1. The first-order valence-electron chi connectivity index (χ1n) is 12.1. The van der Waals surface area contributed by atoms with Crippen molar-refractivity contribution in [2.75, 3.05) is 37.9 Å². The van der Waals surface area contributed by atoms with Gasteiger partial charge in [-0.05, 0) is 70.7 Å². The van der Waals surface area contributed by atoms with Gasteiger partial charge >= 0.3 is 18.0 Å². The second-order valence-electron chi connectivity index (χ2n) is 10.2. The molecule has 1 aliphatic heterocycles. The van der Waals surface area contributed by atoms with E-state index in [1.165, 1.54) is 0 Å². The third kappa shape index (κ3) is 8.01. The Balaban J connectivity index is 0.00000456. The van der Waals surface area contributed by atoms with E-state index in [4.69, 9.17) is 20.6 Å². The van der Waals surface area contributed by atoms with Crippen molar-refractivity contribution in [2.45, 2.75) is 52.5 Å². The molecule has 10 nitrogen and oxygen atoms in total. The van der Waals surface area contributed by atoms with Crippen LogP contribution < -0.4 is 16.0 Å². The van der Waals surface area contributed by atoms with Gasteiger partial charge in [0.1, 0.15) is 5.84 Å². The summed E-state index contributed by atoms with van der Waals surface area (Å²) < 4.78 is 10.1. The smallest absolute Gasteiger partial charge is 0.317 e. The number of urea groups is 1. The third-order valence-electron chi connectivity index (χ3n) is 6.50. The van der Waals surface area contributed by atoms with Crippen LogP contribution in [0.5, 0.6) is 0 Å². The van der Waals surface area contributed by atoms with Crippen molar-refractivity contribution in [3.05, 3.63) is 29.8 Å². The van der Waals surface area contributed by atoms with E-state index in [0.29, 0.717) is 44.3 Å². The molecule has 1 saturated carbocycles. The van der Waals surface area contributed by atoms with Crippen LogP contribution in [0.3, 0.4) is 0 Å². The van der Waals surface area contributed by atoms with Gasteiger partial charge in [-0.1, -0.05) is 0 Å². The molecule has 2 fully saturated rings. The maximum atomic E-state index is 12.7. The van der Waals surface area contributed by atoms with Crippen LogP contribution in [-0.2, 0) is 19.1 Å². The zero-order valence-corrected chi connectivity index (χ0v) is 22.1. The molecular weight excluding hydrogens is 486 g/mol. The molecule has 1 saturated heterocycles. The average molecular weight is 524 g/mol. The Bertz CT molecular complexity index is 918. The molecule has 3 rings (SSSR count). The minimum Gasteiger partial charge on any atom is -0.428 e. The monoisotopic (exact) mass is 523 g/mol. The van der Waals surface area contributed by atoms with Gasteiger partial charge in [-0.2, -0.15) is 0 Å². The van der Waals surface area contributed by atoms with Crippen LogP contribution in [0.1, 0.15) is 52.0 Å². The second kappa shape index (κ2) is 12.8. The number of anilines is 1. The van der Waals surface area contributed by atoms with Gasteiger partial charge in [0.25, 0.3) is 0 Å². The lowest BCUT2D eigenvalue weighted by Crippen LogP contribution is -2.54. The van der Waals surface area contributed by atoms with Crippen LogP contribution in [0.4, 0.5) is 10.5 Å². The maximum Gasteiger partial charge on any atom is 0.317 e. The minimum atomic E-state index is -0.642. The molecular formula is C25H38ClN5O5. The standard InChI is InChI=1S/C25H37N5O5.ClH/c1-25(2,3)23(32)35-16-34-22(31)18-4-8-19(9-5-18)28-24(33)30-14-12-29(13-15-30)20-10-6-17(7-11-20)21(26)27;/h6-7,10-11,18-19H,4-5,8-9,12-16H2,1-3H3,(H3,26,27)(H,28,33);1H/t18-,19-;. The Kier molecular flexibility index (Phi) is 10.4. The van der Waals surface area contributed by atoms with Crippen LogP contribution in [-0.4, -0.2) is 67.7 Å². The lowest BCUT2D eigenvalue weighted by Gasteiger charge is -2.37. The molecule has 0 unspecified atom stereocenters. The number of halogens is 1. The summed E-state index contributed by atoms with van der Waals surface area (Å²) in [6.45, 7) is 7.55. The van der Waals surface area contributed by atoms with Gasteiger partial charge in [-0.25, -0.2) is 4.79 Å². The fourth-order valence-corrected chi connectivity index (χ4v) is 4.23. The number of nitrogens with two attached hydrogens (primary N) is 1. The topological polar surface area (TPSA) is 138 Å². The van der Waals surface area contributed by atoms with Gasteiger partial charge in [-0.3, -0.25) is 15.0 Å². The summed E-state index contributed by atoms with van der Waals surface area (Å²) in [6.07, 6.45) is 2.66. The fourth-order valence-electron chi connectivity index (χ4n) is 4.23. The zero-order valence-electron chi connectivity index (χ0n) is 21.2. The molecule has 0 bridgehead atoms. The predicted molar refractivity (Wildman–Crippen MR) is 139 cm³/mol. The zero-order chi connectivity index (χ0) is 25.6. The number of nitrogens with zero attached hydrogens (tertiary/aromatic N) is 2. The molecule has 2 aliphatic rings. The Labute approximate surface area is 218 Å². The normalized spacial score (nSPS) is 20.1. The Morgan fingerprint density at radius 1 is 1.00 bits per heavy atom. The van der Waals surface area contributed by atoms with Gasteiger partial charge in [-0.15, -0.1) is 12.4 Å². The van der Waals surface area contributed by atoms with Crippen LogP contribution in [0.2, 0.25) is 0 Å². The highest BCUT2D eigenvalue weighted by molar-refractivity contribution is 5.95. The molecule has 200 valence electrons. The molecule has 1 heterocycles. The number of carbonyl (C=O) groups excluding carboxylic acids is 3. The van der Waals surface area contributed by atoms with Crippen LogP contribution in [0.25, 0.3) is 0 Å². The number of nitrogen functional groups attached to an aromatic ring is 1. The van der Waals surface area contributed by atoms with Crippen molar-refractivity contribution in [1.29, 1.82) is 5.41 Å². The van der Waals surface area contributed by atoms with E-state index in [1.54, 1.807) is 20.8 Å². The number of hydrogen-bond acceptors (Lipinski definition) is 7. The van der Waals surface area contributed by atoms with Crippen molar-refractivity contribution >= 4 is 41.9 Å². The summed E-state index contributed by atoms with van der Waals surface area (Å²) >= 11 is 0. The van der Waals surface area contributed by atoms with Crippen LogP contribution in [0, 0.1) is 16.7 Å². The Morgan fingerprint density at radius 2 is 1.58 bits per heavy atom. The van der Waals surface area contributed by atoms with Gasteiger partial charge in [0.15, 0.2) is 0 Å². The SMILES string of the molecule is CC(C)(C)C(=O)OCOC(=O)[C@H]1CC[C@H](NC(=O)N2CCN(c3ccc(C(=N)N)cc3)CC2)CC1.Cl. The number of esters is 2. The Morgan fingerprint density at radius 3 is 2.11 bits per heavy atom. The van der Waals surface area contributed by atoms with E-state index in [1.807, 2.05) is 29.2 Å². The van der Waals surface area contributed by atoms with E-state index in [-0.39, 0.29) is 49.0 Å². The lowest BCUT2D eigenvalue weighted by molar-refractivity contribution is -0.176. The summed E-state index contributed by atoms with van der Waals surface area (Å²) in [5.41, 5.74) is 6.62. The van der Waals surface area contributed by atoms with Gasteiger partial charge < -0.3 is 30.3 Å². The number of amides is 2. The summed E-state index contributed by atoms with van der Waals surface area (Å²) in [7, 11) is 0. The van der Waals surface area contributed by atoms with Crippen molar-refractivity contribution in [2.24, 2.45) is 17.1 Å². The molecule has 11 heteroatoms. The molecule has 0 aromatic heterocycles. The summed E-state index contributed by atoms with van der Waals surface area (Å²) in [6, 6.07) is 7.52. The predicted octanol–water partition coefficient (Wildman–Crippen LogP) is 2.87. The van der Waals surface area contributed by atoms with Gasteiger partial charge in [0.2, 0.25) is 6.79 Å². The first-order chi connectivity index (χ1) is 16.5. The minimum absolute atomic E-state index is 0. The van der Waals surface area contributed by atoms with Gasteiger partial charge in [0.05, 0.1) is 11.3 Å². The molecule has 1 aromatic rings. The van der Waals surface area contributed by atoms with Crippen molar-refractivity contribution in [3.8, 4) is 0 Å². The van der Waals surface area contributed by atoms with Crippen molar-refractivity contribution in [3.63, 3.8) is 0 Å². The van der Waals surface area contributed by atoms with Crippen molar-refractivity contribution < 1.29 is 23.9 Å². The highest BCUT2D eigenvalue weighted by atomic mass is 35.5. The second-order valence-corrected chi connectivity index (χ2v) is 10.2. The highest BCUT2D eigenvalue weighted by Gasteiger charge is 2.30. The number of rotatable bonds is 6.